The first-order valence-electron chi connectivity index (χ1n) is 4.84. The van der Waals surface area contributed by atoms with Crippen LogP contribution in [0.2, 0.25) is 0 Å². The van der Waals surface area contributed by atoms with E-state index in [4.69, 9.17) is 0 Å². The van der Waals surface area contributed by atoms with Crippen molar-refractivity contribution in [3.8, 4) is 0 Å². The SMILES string of the molecule is CNC(Cc1cccnn1)C1CC1. The van der Waals surface area contributed by atoms with Crippen molar-refractivity contribution in [1.29, 1.82) is 0 Å². The van der Waals surface area contributed by atoms with Crippen molar-refractivity contribution in [3.05, 3.63) is 24.0 Å². The van der Waals surface area contributed by atoms with Gasteiger partial charge in [0.25, 0.3) is 0 Å². The van der Waals surface area contributed by atoms with Crippen molar-refractivity contribution in [3.63, 3.8) is 0 Å². The summed E-state index contributed by atoms with van der Waals surface area (Å²) in [6, 6.07) is 4.58. The highest BCUT2D eigenvalue weighted by Crippen LogP contribution is 2.33. The number of rotatable bonds is 4. The van der Waals surface area contributed by atoms with E-state index in [-0.39, 0.29) is 0 Å². The van der Waals surface area contributed by atoms with Gasteiger partial charge in [0.2, 0.25) is 0 Å². The van der Waals surface area contributed by atoms with Gasteiger partial charge in [-0.1, -0.05) is 0 Å². The molecule has 1 aliphatic carbocycles. The van der Waals surface area contributed by atoms with Gasteiger partial charge in [-0.25, -0.2) is 0 Å². The molecule has 0 aliphatic heterocycles. The molecular formula is C10H15N3. The van der Waals surface area contributed by atoms with E-state index in [1.165, 1.54) is 12.8 Å². The average molecular weight is 177 g/mol. The van der Waals surface area contributed by atoms with Crippen LogP contribution in [0.15, 0.2) is 18.3 Å². The Morgan fingerprint density at radius 1 is 1.62 bits per heavy atom. The van der Waals surface area contributed by atoms with Crippen LogP contribution < -0.4 is 5.32 Å². The van der Waals surface area contributed by atoms with E-state index >= 15 is 0 Å². The summed E-state index contributed by atoms with van der Waals surface area (Å²) < 4.78 is 0. The second kappa shape index (κ2) is 3.83. The molecule has 3 heteroatoms. The van der Waals surface area contributed by atoms with Crippen LogP contribution >= 0.6 is 0 Å². The van der Waals surface area contributed by atoms with Gasteiger partial charge in [-0.3, -0.25) is 0 Å². The first-order valence-corrected chi connectivity index (χ1v) is 4.84. The van der Waals surface area contributed by atoms with E-state index in [0.29, 0.717) is 6.04 Å². The molecule has 1 aromatic rings. The van der Waals surface area contributed by atoms with Crippen LogP contribution in [0.5, 0.6) is 0 Å². The van der Waals surface area contributed by atoms with E-state index in [9.17, 15) is 0 Å². The average Bonchev–Trinajstić information content (AvgIpc) is 2.99. The lowest BCUT2D eigenvalue weighted by molar-refractivity contribution is 0.493. The van der Waals surface area contributed by atoms with Crippen LogP contribution in [-0.2, 0) is 6.42 Å². The summed E-state index contributed by atoms with van der Waals surface area (Å²) in [5, 5.41) is 11.3. The Hall–Kier alpha value is -0.960. The summed E-state index contributed by atoms with van der Waals surface area (Å²) >= 11 is 0. The van der Waals surface area contributed by atoms with Crippen molar-refractivity contribution >= 4 is 0 Å². The third kappa shape index (κ3) is 2.25. The number of aromatic nitrogens is 2. The van der Waals surface area contributed by atoms with Crippen molar-refractivity contribution in [2.24, 2.45) is 5.92 Å². The minimum atomic E-state index is 0.594. The number of nitrogens with zero attached hydrogens (tertiary/aromatic N) is 2. The molecule has 0 bridgehead atoms. The topological polar surface area (TPSA) is 37.8 Å². The lowest BCUT2D eigenvalue weighted by Gasteiger charge is -2.13. The fraction of sp³-hybridized carbons (Fsp3) is 0.600. The Bertz CT molecular complexity index is 256. The molecule has 1 aromatic heterocycles. The molecule has 1 heterocycles. The maximum atomic E-state index is 4.09. The van der Waals surface area contributed by atoms with E-state index < -0.39 is 0 Å². The summed E-state index contributed by atoms with van der Waals surface area (Å²) in [6.07, 6.45) is 5.46. The second-order valence-corrected chi connectivity index (χ2v) is 3.65. The Morgan fingerprint density at radius 3 is 3.00 bits per heavy atom. The maximum Gasteiger partial charge on any atom is 0.0646 e. The van der Waals surface area contributed by atoms with Gasteiger partial charge in [0.1, 0.15) is 0 Å². The molecule has 0 radical (unpaired) electrons. The quantitative estimate of drug-likeness (QED) is 0.746. The Balaban J connectivity index is 1.95. The maximum absolute atomic E-state index is 4.09. The monoisotopic (exact) mass is 177 g/mol. The van der Waals surface area contributed by atoms with Crippen LogP contribution in [0.1, 0.15) is 18.5 Å². The summed E-state index contributed by atoms with van der Waals surface area (Å²) in [5.74, 6) is 0.868. The molecule has 0 amide bonds. The molecule has 2 rings (SSSR count). The van der Waals surface area contributed by atoms with Gasteiger partial charge in [-0.2, -0.15) is 10.2 Å². The van der Waals surface area contributed by atoms with Crippen molar-refractivity contribution in [2.45, 2.75) is 25.3 Å². The van der Waals surface area contributed by atoms with E-state index in [1.807, 2.05) is 19.2 Å². The minimum absolute atomic E-state index is 0.594. The second-order valence-electron chi connectivity index (χ2n) is 3.65. The molecule has 0 aromatic carbocycles. The zero-order valence-corrected chi connectivity index (χ0v) is 7.90. The largest absolute Gasteiger partial charge is 0.316 e. The molecule has 1 aliphatic rings. The van der Waals surface area contributed by atoms with Gasteiger partial charge in [0.05, 0.1) is 5.69 Å². The molecule has 13 heavy (non-hydrogen) atoms. The predicted octanol–water partition coefficient (Wildman–Crippen LogP) is 1.02. The van der Waals surface area contributed by atoms with Crippen LogP contribution in [0.3, 0.4) is 0 Å². The number of nitrogens with one attached hydrogen (secondary N) is 1. The molecule has 0 saturated heterocycles. The fourth-order valence-corrected chi connectivity index (χ4v) is 1.67. The zero-order valence-electron chi connectivity index (χ0n) is 7.90. The predicted molar refractivity (Wildman–Crippen MR) is 51.3 cm³/mol. The first-order chi connectivity index (χ1) is 6.40. The Kier molecular flexibility index (Phi) is 2.54. The summed E-state index contributed by atoms with van der Waals surface area (Å²) in [4.78, 5) is 0. The van der Waals surface area contributed by atoms with Gasteiger partial charge in [0, 0.05) is 18.7 Å². The molecule has 1 fully saturated rings. The third-order valence-corrected chi connectivity index (χ3v) is 2.62. The van der Waals surface area contributed by atoms with Gasteiger partial charge in [0.15, 0.2) is 0 Å². The molecule has 70 valence electrons. The molecule has 0 spiro atoms. The Morgan fingerprint density at radius 2 is 2.46 bits per heavy atom. The normalized spacial score (nSPS) is 18.5. The zero-order chi connectivity index (χ0) is 9.10. The summed E-state index contributed by atoms with van der Waals surface area (Å²) in [7, 11) is 2.03. The molecular weight excluding hydrogens is 162 g/mol. The van der Waals surface area contributed by atoms with E-state index in [2.05, 4.69) is 15.5 Å². The third-order valence-electron chi connectivity index (χ3n) is 2.62. The summed E-state index contributed by atoms with van der Waals surface area (Å²) in [6.45, 7) is 0. The standard InChI is InChI=1S/C10H15N3/c1-11-10(8-4-5-8)7-9-3-2-6-12-13-9/h2-3,6,8,10-11H,4-5,7H2,1H3. The Labute approximate surface area is 78.6 Å². The summed E-state index contributed by atoms with van der Waals surface area (Å²) in [5.41, 5.74) is 1.09. The lowest BCUT2D eigenvalue weighted by atomic mass is 10.1. The van der Waals surface area contributed by atoms with Gasteiger partial charge < -0.3 is 5.32 Å². The molecule has 1 unspecified atom stereocenters. The van der Waals surface area contributed by atoms with E-state index in [1.54, 1.807) is 6.20 Å². The van der Waals surface area contributed by atoms with Crippen LogP contribution in [0.4, 0.5) is 0 Å². The molecule has 3 nitrogen and oxygen atoms in total. The number of hydrogen-bond acceptors (Lipinski definition) is 3. The van der Waals surface area contributed by atoms with Crippen molar-refractivity contribution in [1.82, 2.24) is 15.5 Å². The van der Waals surface area contributed by atoms with Crippen molar-refractivity contribution in [2.75, 3.05) is 7.05 Å². The fourth-order valence-electron chi connectivity index (χ4n) is 1.67. The van der Waals surface area contributed by atoms with Crippen LogP contribution in [-0.4, -0.2) is 23.3 Å². The highest BCUT2D eigenvalue weighted by atomic mass is 15.1. The molecule has 1 atom stereocenters. The number of hydrogen-bond donors (Lipinski definition) is 1. The number of likely N-dealkylation sites (N-methyl/N-ethyl adjacent to an activating group) is 1. The highest BCUT2D eigenvalue weighted by Gasteiger charge is 2.30. The van der Waals surface area contributed by atoms with Crippen LogP contribution in [0.25, 0.3) is 0 Å². The van der Waals surface area contributed by atoms with Crippen molar-refractivity contribution < 1.29 is 0 Å². The smallest absolute Gasteiger partial charge is 0.0646 e. The van der Waals surface area contributed by atoms with Gasteiger partial charge >= 0.3 is 0 Å². The van der Waals surface area contributed by atoms with Crippen LogP contribution in [0, 0.1) is 5.92 Å². The highest BCUT2D eigenvalue weighted by molar-refractivity contribution is 5.03. The lowest BCUT2D eigenvalue weighted by Crippen LogP contribution is -2.30. The molecule has 1 saturated carbocycles. The van der Waals surface area contributed by atoms with Gasteiger partial charge in [-0.15, -0.1) is 0 Å². The first kappa shape index (κ1) is 8.63. The van der Waals surface area contributed by atoms with Gasteiger partial charge in [-0.05, 0) is 37.9 Å². The molecule has 1 N–H and O–H groups in total. The minimum Gasteiger partial charge on any atom is -0.316 e. The van der Waals surface area contributed by atoms with E-state index in [0.717, 1.165) is 18.0 Å².